The van der Waals surface area contributed by atoms with Gasteiger partial charge < -0.3 is 15.1 Å². The Hall–Kier alpha value is -3.00. The summed E-state index contributed by atoms with van der Waals surface area (Å²) in [7, 11) is 2.15. The lowest BCUT2D eigenvalue weighted by atomic mass is 10.2. The molecule has 1 aliphatic rings. The topological polar surface area (TPSA) is 85.9 Å². The van der Waals surface area contributed by atoms with Crippen LogP contribution in [0, 0.1) is 6.92 Å². The van der Waals surface area contributed by atoms with Crippen LogP contribution in [-0.2, 0) is 0 Å². The standard InChI is InChI=1S/C18H22N8/c1-13-11-16(24-23-13)20-15-12-17(26-9-7-25(2)8-10-26)22-18(21-15)14-3-5-19-6-4-14/h3-6,11-12H,7-10H2,1-2H3,(H2,20,21,22,23,24). The number of anilines is 3. The summed E-state index contributed by atoms with van der Waals surface area (Å²) in [5.74, 6) is 3.08. The molecule has 0 atom stereocenters. The van der Waals surface area contributed by atoms with E-state index in [1.54, 1.807) is 12.4 Å². The molecule has 3 aromatic rings. The largest absolute Gasteiger partial charge is 0.354 e. The lowest BCUT2D eigenvalue weighted by Gasteiger charge is -2.33. The minimum atomic E-state index is 0.679. The van der Waals surface area contributed by atoms with E-state index in [4.69, 9.17) is 4.98 Å². The second kappa shape index (κ2) is 7.09. The van der Waals surface area contributed by atoms with E-state index < -0.39 is 0 Å². The van der Waals surface area contributed by atoms with Gasteiger partial charge in [-0.2, -0.15) is 5.10 Å². The van der Waals surface area contributed by atoms with E-state index in [-0.39, 0.29) is 0 Å². The van der Waals surface area contributed by atoms with Gasteiger partial charge in [0.05, 0.1) is 0 Å². The zero-order valence-electron chi connectivity index (χ0n) is 15.0. The Bertz CT molecular complexity index is 868. The molecule has 2 N–H and O–H groups in total. The van der Waals surface area contributed by atoms with Crippen molar-refractivity contribution in [2.45, 2.75) is 6.92 Å². The maximum absolute atomic E-state index is 4.80. The van der Waals surface area contributed by atoms with Gasteiger partial charge in [0.1, 0.15) is 11.6 Å². The van der Waals surface area contributed by atoms with Gasteiger partial charge in [-0.1, -0.05) is 0 Å². The first kappa shape index (κ1) is 16.5. The van der Waals surface area contributed by atoms with Crippen LogP contribution in [0.2, 0.25) is 0 Å². The highest BCUT2D eigenvalue weighted by Gasteiger charge is 2.18. The van der Waals surface area contributed by atoms with Gasteiger partial charge in [-0.05, 0) is 26.1 Å². The minimum Gasteiger partial charge on any atom is -0.354 e. The Kier molecular flexibility index (Phi) is 4.49. The predicted octanol–water partition coefficient (Wildman–Crippen LogP) is 2.07. The number of aromatic nitrogens is 5. The summed E-state index contributed by atoms with van der Waals surface area (Å²) in [6.07, 6.45) is 3.51. The Morgan fingerprint density at radius 2 is 1.77 bits per heavy atom. The summed E-state index contributed by atoms with van der Waals surface area (Å²) in [6.45, 7) is 5.91. The predicted molar refractivity (Wildman–Crippen MR) is 102 cm³/mol. The smallest absolute Gasteiger partial charge is 0.163 e. The maximum Gasteiger partial charge on any atom is 0.163 e. The number of pyridine rings is 1. The van der Waals surface area contributed by atoms with E-state index in [2.05, 4.69) is 42.3 Å². The third-order valence-electron chi connectivity index (χ3n) is 4.44. The van der Waals surface area contributed by atoms with E-state index in [1.807, 2.05) is 31.2 Å². The van der Waals surface area contributed by atoms with Crippen molar-refractivity contribution < 1.29 is 0 Å². The highest BCUT2D eigenvalue weighted by molar-refractivity contribution is 5.64. The molecular formula is C18H22N8. The van der Waals surface area contributed by atoms with Crippen LogP contribution in [0.25, 0.3) is 11.4 Å². The Morgan fingerprint density at radius 1 is 1.00 bits per heavy atom. The molecular weight excluding hydrogens is 328 g/mol. The van der Waals surface area contributed by atoms with Crippen LogP contribution < -0.4 is 10.2 Å². The van der Waals surface area contributed by atoms with Crippen molar-refractivity contribution in [3.63, 3.8) is 0 Å². The first-order valence-electron chi connectivity index (χ1n) is 8.69. The second-order valence-electron chi connectivity index (χ2n) is 6.52. The number of nitrogens with one attached hydrogen (secondary N) is 2. The van der Waals surface area contributed by atoms with Crippen molar-refractivity contribution in [3.8, 4) is 11.4 Å². The molecule has 0 unspecified atom stereocenters. The molecule has 1 saturated heterocycles. The molecule has 0 bridgehead atoms. The number of hydrogen-bond donors (Lipinski definition) is 2. The van der Waals surface area contributed by atoms with Gasteiger partial charge in [0.2, 0.25) is 0 Å². The summed E-state index contributed by atoms with van der Waals surface area (Å²) in [6, 6.07) is 7.78. The second-order valence-corrected chi connectivity index (χ2v) is 6.52. The van der Waals surface area contributed by atoms with Gasteiger partial charge in [0.15, 0.2) is 11.6 Å². The third kappa shape index (κ3) is 3.65. The van der Waals surface area contributed by atoms with Crippen LogP contribution in [-0.4, -0.2) is 63.3 Å². The van der Waals surface area contributed by atoms with Crippen LogP contribution in [0.15, 0.2) is 36.7 Å². The minimum absolute atomic E-state index is 0.679. The van der Waals surface area contributed by atoms with Crippen molar-refractivity contribution in [1.82, 2.24) is 30.0 Å². The number of rotatable bonds is 4. The van der Waals surface area contributed by atoms with Crippen molar-refractivity contribution in [3.05, 3.63) is 42.4 Å². The summed E-state index contributed by atoms with van der Waals surface area (Å²) in [4.78, 5) is 18.2. The number of aromatic amines is 1. The van der Waals surface area contributed by atoms with Gasteiger partial charge >= 0.3 is 0 Å². The highest BCUT2D eigenvalue weighted by Crippen LogP contribution is 2.24. The highest BCUT2D eigenvalue weighted by atomic mass is 15.3. The zero-order chi connectivity index (χ0) is 17.9. The molecule has 4 rings (SSSR count). The molecule has 3 aromatic heterocycles. The molecule has 0 spiro atoms. The fourth-order valence-corrected chi connectivity index (χ4v) is 2.94. The fraction of sp³-hybridized carbons (Fsp3) is 0.333. The molecule has 0 aliphatic carbocycles. The maximum atomic E-state index is 4.80. The van der Waals surface area contributed by atoms with Crippen LogP contribution >= 0.6 is 0 Å². The van der Waals surface area contributed by atoms with Crippen LogP contribution in [0.5, 0.6) is 0 Å². The first-order valence-corrected chi connectivity index (χ1v) is 8.69. The number of nitrogens with zero attached hydrogens (tertiary/aromatic N) is 6. The van der Waals surface area contributed by atoms with Gasteiger partial charge in [-0.25, -0.2) is 9.97 Å². The van der Waals surface area contributed by atoms with E-state index in [0.29, 0.717) is 5.82 Å². The van der Waals surface area contributed by atoms with Crippen LogP contribution in [0.3, 0.4) is 0 Å². The average Bonchev–Trinajstić information content (AvgIpc) is 3.07. The third-order valence-corrected chi connectivity index (χ3v) is 4.44. The van der Waals surface area contributed by atoms with Gasteiger partial charge in [-0.15, -0.1) is 0 Å². The quantitative estimate of drug-likeness (QED) is 0.745. The SMILES string of the molecule is Cc1cc(Nc2cc(N3CCN(C)CC3)nc(-c3ccncc3)n2)n[nH]1. The number of likely N-dealkylation sites (N-methyl/N-ethyl adjacent to an activating group) is 1. The summed E-state index contributed by atoms with van der Waals surface area (Å²) < 4.78 is 0. The molecule has 1 aliphatic heterocycles. The van der Waals surface area contributed by atoms with Gasteiger partial charge in [0.25, 0.3) is 0 Å². The molecule has 0 radical (unpaired) electrons. The molecule has 4 heterocycles. The van der Waals surface area contributed by atoms with E-state index >= 15 is 0 Å². The van der Waals surface area contributed by atoms with Crippen molar-refractivity contribution in [2.75, 3.05) is 43.4 Å². The number of H-pyrrole nitrogens is 1. The monoisotopic (exact) mass is 350 g/mol. The van der Waals surface area contributed by atoms with Gasteiger partial charge in [-0.3, -0.25) is 10.1 Å². The van der Waals surface area contributed by atoms with Gasteiger partial charge in [0, 0.05) is 62.0 Å². The Balaban J connectivity index is 1.69. The molecule has 0 aromatic carbocycles. The Labute approximate surface area is 152 Å². The van der Waals surface area contributed by atoms with E-state index in [0.717, 1.165) is 54.9 Å². The molecule has 8 heteroatoms. The molecule has 1 fully saturated rings. The first-order chi connectivity index (χ1) is 12.7. The summed E-state index contributed by atoms with van der Waals surface area (Å²) in [5, 5.41) is 10.5. The van der Waals surface area contributed by atoms with Crippen LogP contribution in [0.1, 0.15) is 5.69 Å². The van der Waals surface area contributed by atoms with E-state index in [9.17, 15) is 0 Å². The van der Waals surface area contributed by atoms with Crippen molar-refractivity contribution >= 4 is 17.5 Å². The number of piperazine rings is 1. The molecule has 0 amide bonds. The zero-order valence-corrected chi connectivity index (χ0v) is 15.0. The lowest BCUT2D eigenvalue weighted by Crippen LogP contribution is -2.44. The fourth-order valence-electron chi connectivity index (χ4n) is 2.94. The molecule has 26 heavy (non-hydrogen) atoms. The lowest BCUT2D eigenvalue weighted by molar-refractivity contribution is 0.312. The summed E-state index contributed by atoms with van der Waals surface area (Å²) in [5.41, 5.74) is 1.94. The van der Waals surface area contributed by atoms with Crippen molar-refractivity contribution in [2.24, 2.45) is 0 Å². The normalized spacial score (nSPS) is 15.2. The summed E-state index contributed by atoms with van der Waals surface area (Å²) >= 11 is 0. The van der Waals surface area contributed by atoms with Crippen molar-refractivity contribution in [1.29, 1.82) is 0 Å². The van der Waals surface area contributed by atoms with E-state index in [1.165, 1.54) is 0 Å². The molecule has 0 saturated carbocycles. The molecule has 8 nitrogen and oxygen atoms in total. The number of hydrogen-bond acceptors (Lipinski definition) is 7. The van der Waals surface area contributed by atoms with Crippen LogP contribution in [0.4, 0.5) is 17.5 Å². The Morgan fingerprint density at radius 3 is 2.46 bits per heavy atom. The number of aryl methyl sites for hydroxylation is 1. The molecule has 134 valence electrons. The average molecular weight is 350 g/mol.